The summed E-state index contributed by atoms with van der Waals surface area (Å²) < 4.78 is 5.33. The first-order chi connectivity index (χ1) is 7.09. The molecule has 2 unspecified atom stereocenters. The Bertz CT molecular complexity index is 260. The lowest BCUT2D eigenvalue weighted by molar-refractivity contribution is -0.147. The molecule has 0 spiro atoms. The first-order valence-corrected chi connectivity index (χ1v) is 5.93. The molecule has 2 fully saturated rings. The number of hydrogen-bond acceptors (Lipinski definition) is 2. The lowest BCUT2D eigenvalue weighted by Crippen LogP contribution is -2.48. The summed E-state index contributed by atoms with van der Waals surface area (Å²) in [6, 6.07) is 0. The van der Waals surface area contributed by atoms with Crippen LogP contribution in [0.25, 0.3) is 0 Å². The summed E-state index contributed by atoms with van der Waals surface area (Å²) in [7, 11) is 1.65. The number of carbonyl (C=O) groups is 1. The highest BCUT2D eigenvalue weighted by atomic mass is 16.5. The Labute approximate surface area is 91.8 Å². The van der Waals surface area contributed by atoms with E-state index < -0.39 is 5.60 Å². The van der Waals surface area contributed by atoms with Gasteiger partial charge in [0.05, 0.1) is 0 Å². The Kier molecular flexibility index (Phi) is 2.75. The van der Waals surface area contributed by atoms with Crippen molar-refractivity contribution < 1.29 is 9.53 Å². The minimum Gasteiger partial charge on any atom is -0.368 e. The fourth-order valence-corrected chi connectivity index (χ4v) is 2.35. The van der Waals surface area contributed by atoms with E-state index in [1.807, 2.05) is 4.90 Å². The van der Waals surface area contributed by atoms with E-state index in [9.17, 15) is 4.79 Å². The van der Waals surface area contributed by atoms with Crippen molar-refractivity contribution in [2.24, 2.45) is 11.8 Å². The summed E-state index contributed by atoms with van der Waals surface area (Å²) in [6.45, 7) is 6.33. The third-order valence-corrected chi connectivity index (χ3v) is 4.11. The van der Waals surface area contributed by atoms with E-state index in [4.69, 9.17) is 4.74 Å². The fourth-order valence-electron chi connectivity index (χ4n) is 2.35. The molecule has 15 heavy (non-hydrogen) atoms. The molecule has 1 heterocycles. The first kappa shape index (κ1) is 10.9. The molecule has 0 aromatic rings. The first-order valence-electron chi connectivity index (χ1n) is 5.93. The van der Waals surface area contributed by atoms with Gasteiger partial charge in [-0.05, 0) is 31.1 Å². The summed E-state index contributed by atoms with van der Waals surface area (Å²) in [5.74, 6) is 1.59. The lowest BCUT2D eigenvalue weighted by Gasteiger charge is -2.36. The SMILES string of the molecule is COC1(C(=O)N2CCC(C)C(C)C2)CC1. The van der Waals surface area contributed by atoms with E-state index in [-0.39, 0.29) is 5.91 Å². The van der Waals surface area contributed by atoms with E-state index in [2.05, 4.69) is 13.8 Å². The maximum absolute atomic E-state index is 12.2. The zero-order chi connectivity index (χ0) is 11.1. The summed E-state index contributed by atoms with van der Waals surface area (Å²) in [5.41, 5.74) is -0.430. The second-order valence-corrected chi connectivity index (χ2v) is 5.19. The zero-order valence-electron chi connectivity index (χ0n) is 9.95. The van der Waals surface area contributed by atoms with Crippen LogP contribution in [0.1, 0.15) is 33.1 Å². The minimum atomic E-state index is -0.430. The molecule has 3 nitrogen and oxygen atoms in total. The predicted octanol–water partition coefficient (Wildman–Crippen LogP) is 1.67. The van der Waals surface area contributed by atoms with Gasteiger partial charge in [0.1, 0.15) is 5.60 Å². The normalized spacial score (nSPS) is 33.9. The van der Waals surface area contributed by atoms with Crippen molar-refractivity contribution in [3.05, 3.63) is 0 Å². The molecule has 0 N–H and O–H groups in total. The molecule has 0 aromatic heterocycles. The number of ether oxygens (including phenoxy) is 1. The molecular weight excluding hydrogens is 190 g/mol. The smallest absolute Gasteiger partial charge is 0.254 e. The number of likely N-dealkylation sites (tertiary alicyclic amines) is 1. The van der Waals surface area contributed by atoms with Crippen molar-refractivity contribution in [2.75, 3.05) is 20.2 Å². The van der Waals surface area contributed by atoms with Crippen LogP contribution in [0.15, 0.2) is 0 Å². The zero-order valence-corrected chi connectivity index (χ0v) is 9.95. The van der Waals surface area contributed by atoms with E-state index >= 15 is 0 Å². The largest absolute Gasteiger partial charge is 0.368 e. The molecule has 0 radical (unpaired) electrons. The molecule has 86 valence electrons. The highest BCUT2D eigenvalue weighted by Crippen LogP contribution is 2.41. The molecule has 1 amide bonds. The van der Waals surface area contributed by atoms with E-state index in [0.29, 0.717) is 5.92 Å². The van der Waals surface area contributed by atoms with Gasteiger partial charge in [-0.25, -0.2) is 0 Å². The minimum absolute atomic E-state index is 0.226. The van der Waals surface area contributed by atoms with Crippen molar-refractivity contribution in [2.45, 2.75) is 38.7 Å². The van der Waals surface area contributed by atoms with Gasteiger partial charge >= 0.3 is 0 Å². The van der Waals surface area contributed by atoms with Crippen LogP contribution in [0, 0.1) is 11.8 Å². The van der Waals surface area contributed by atoms with Crippen molar-refractivity contribution in [1.82, 2.24) is 4.90 Å². The van der Waals surface area contributed by atoms with Gasteiger partial charge in [-0.1, -0.05) is 13.8 Å². The Hall–Kier alpha value is -0.570. The summed E-state index contributed by atoms with van der Waals surface area (Å²) in [4.78, 5) is 14.2. The number of nitrogens with zero attached hydrogens (tertiary/aromatic N) is 1. The quantitative estimate of drug-likeness (QED) is 0.695. The maximum atomic E-state index is 12.2. The van der Waals surface area contributed by atoms with Gasteiger partial charge in [0.15, 0.2) is 0 Å². The molecule has 1 saturated heterocycles. The predicted molar refractivity (Wildman–Crippen MR) is 58.5 cm³/mol. The van der Waals surface area contributed by atoms with Gasteiger partial charge in [0.2, 0.25) is 0 Å². The Morgan fingerprint density at radius 3 is 2.47 bits per heavy atom. The molecule has 1 aliphatic heterocycles. The number of piperidine rings is 1. The van der Waals surface area contributed by atoms with Crippen LogP contribution in [0.5, 0.6) is 0 Å². The van der Waals surface area contributed by atoms with Crippen LogP contribution in [0.3, 0.4) is 0 Å². The molecule has 3 heteroatoms. The van der Waals surface area contributed by atoms with Gasteiger partial charge in [-0.2, -0.15) is 0 Å². The molecule has 2 atom stereocenters. The second kappa shape index (κ2) is 3.78. The molecule has 0 aromatic carbocycles. The van der Waals surface area contributed by atoms with Crippen LogP contribution in [-0.2, 0) is 9.53 Å². The van der Waals surface area contributed by atoms with Crippen molar-refractivity contribution in [1.29, 1.82) is 0 Å². The van der Waals surface area contributed by atoms with E-state index in [1.165, 1.54) is 0 Å². The molecule has 2 aliphatic rings. The van der Waals surface area contributed by atoms with Crippen LogP contribution in [-0.4, -0.2) is 36.6 Å². The molecule has 2 rings (SSSR count). The number of amides is 1. The van der Waals surface area contributed by atoms with E-state index in [1.54, 1.807) is 7.11 Å². The lowest BCUT2D eigenvalue weighted by atomic mass is 9.88. The van der Waals surface area contributed by atoms with Crippen LogP contribution < -0.4 is 0 Å². The third-order valence-electron chi connectivity index (χ3n) is 4.11. The standard InChI is InChI=1S/C12H21NO2/c1-9-4-7-13(8-10(9)2)11(14)12(15-3)5-6-12/h9-10H,4-8H2,1-3H3. The summed E-state index contributed by atoms with van der Waals surface area (Å²) in [5, 5.41) is 0. The van der Waals surface area contributed by atoms with Crippen LogP contribution in [0.4, 0.5) is 0 Å². The average Bonchev–Trinajstić information content (AvgIpc) is 3.02. The van der Waals surface area contributed by atoms with Crippen LogP contribution >= 0.6 is 0 Å². The Morgan fingerprint density at radius 2 is 2.00 bits per heavy atom. The molecular formula is C12H21NO2. The molecule has 0 bridgehead atoms. The van der Waals surface area contributed by atoms with Gasteiger partial charge in [0, 0.05) is 20.2 Å². The average molecular weight is 211 g/mol. The molecule has 1 saturated carbocycles. The second-order valence-electron chi connectivity index (χ2n) is 5.19. The van der Waals surface area contributed by atoms with Gasteiger partial charge in [0.25, 0.3) is 5.91 Å². The highest BCUT2D eigenvalue weighted by molar-refractivity contribution is 5.88. The van der Waals surface area contributed by atoms with Gasteiger partial charge in [-0.15, -0.1) is 0 Å². The maximum Gasteiger partial charge on any atom is 0.254 e. The summed E-state index contributed by atoms with van der Waals surface area (Å²) >= 11 is 0. The summed E-state index contributed by atoms with van der Waals surface area (Å²) in [6.07, 6.45) is 2.94. The van der Waals surface area contributed by atoms with Crippen molar-refractivity contribution in [3.63, 3.8) is 0 Å². The van der Waals surface area contributed by atoms with Crippen LogP contribution in [0.2, 0.25) is 0 Å². The highest BCUT2D eigenvalue weighted by Gasteiger charge is 2.52. The number of methoxy groups -OCH3 is 1. The Balaban J connectivity index is 1.97. The molecule has 1 aliphatic carbocycles. The topological polar surface area (TPSA) is 29.5 Å². The fraction of sp³-hybridized carbons (Fsp3) is 0.917. The number of carbonyl (C=O) groups excluding carboxylic acids is 1. The van der Waals surface area contributed by atoms with Crippen molar-refractivity contribution >= 4 is 5.91 Å². The monoisotopic (exact) mass is 211 g/mol. The Morgan fingerprint density at radius 1 is 1.33 bits per heavy atom. The van der Waals surface area contributed by atoms with Gasteiger partial charge < -0.3 is 9.64 Å². The van der Waals surface area contributed by atoms with E-state index in [0.717, 1.165) is 38.3 Å². The third kappa shape index (κ3) is 1.89. The number of rotatable bonds is 2. The number of hydrogen-bond donors (Lipinski definition) is 0. The van der Waals surface area contributed by atoms with Crippen molar-refractivity contribution in [3.8, 4) is 0 Å². The van der Waals surface area contributed by atoms with Gasteiger partial charge in [-0.3, -0.25) is 4.79 Å².